The van der Waals surface area contributed by atoms with Crippen LogP contribution < -0.4 is 4.74 Å². The van der Waals surface area contributed by atoms with Crippen molar-refractivity contribution in [3.8, 4) is 5.75 Å². The van der Waals surface area contributed by atoms with Crippen molar-refractivity contribution in [3.05, 3.63) is 87.4 Å². The Morgan fingerprint density at radius 2 is 1.29 bits per heavy atom. The minimum atomic E-state index is -0.505. The highest BCUT2D eigenvalue weighted by molar-refractivity contribution is 6.31. The fraction of sp³-hybridized carbons (Fsp3) is 0.0909. The predicted molar refractivity (Wildman–Crippen MR) is 96.5 cm³/mol. The fourth-order valence-corrected chi connectivity index (χ4v) is 3.86. The van der Waals surface area contributed by atoms with Gasteiger partial charge in [-0.1, -0.05) is 30.3 Å². The van der Waals surface area contributed by atoms with Crippen LogP contribution in [0.5, 0.6) is 5.75 Å². The molecule has 0 fully saturated rings. The zero-order chi connectivity index (χ0) is 19.6. The molecule has 3 aliphatic rings. The maximum absolute atomic E-state index is 13.1. The fourth-order valence-electron chi connectivity index (χ4n) is 3.86. The van der Waals surface area contributed by atoms with E-state index < -0.39 is 17.3 Å². The molecule has 1 aliphatic heterocycles. The molecule has 136 valence electrons. The van der Waals surface area contributed by atoms with Crippen molar-refractivity contribution in [3.63, 3.8) is 0 Å². The number of carbonyl (C=O) groups excluding carboxylic acids is 4. The lowest BCUT2D eigenvalue weighted by Gasteiger charge is -2.30. The number of benzene rings is 2. The van der Waals surface area contributed by atoms with Gasteiger partial charge in [0.15, 0.2) is 23.1 Å². The van der Waals surface area contributed by atoms with Gasteiger partial charge in [0.05, 0.1) is 23.8 Å². The first-order valence-electron chi connectivity index (χ1n) is 8.62. The summed E-state index contributed by atoms with van der Waals surface area (Å²) in [6.45, 7) is 0. The van der Waals surface area contributed by atoms with Crippen LogP contribution >= 0.6 is 0 Å². The number of fused-ring (bicyclic) bond motifs is 2. The lowest BCUT2D eigenvalue weighted by molar-refractivity contribution is 0.0826. The van der Waals surface area contributed by atoms with Crippen LogP contribution in [0.2, 0.25) is 0 Å². The van der Waals surface area contributed by atoms with Crippen molar-refractivity contribution in [1.82, 2.24) is 0 Å². The highest BCUT2D eigenvalue weighted by Gasteiger charge is 2.44. The Bertz CT molecular complexity index is 1210. The third-order valence-corrected chi connectivity index (χ3v) is 5.20. The van der Waals surface area contributed by atoms with Crippen molar-refractivity contribution in [2.75, 3.05) is 7.11 Å². The lowest BCUT2D eigenvalue weighted by atomic mass is 9.79. The molecule has 28 heavy (non-hydrogen) atoms. The average molecular weight is 372 g/mol. The van der Waals surface area contributed by atoms with Crippen LogP contribution in [0, 0.1) is 0 Å². The minimum absolute atomic E-state index is 0.0706. The van der Waals surface area contributed by atoms with E-state index in [0.717, 1.165) is 0 Å². The standard InChI is InChI=1S/C22H12O6/c1-27-15-8-4-7-12-16(15)18(24)14-9-13-17(23)10-5-2-3-6-11(10)19(25)21(13)28-22(14)20(12)26/h2-8H,9H2,1H3. The molecule has 6 heteroatoms. The number of hydrogen-bond donors (Lipinski definition) is 0. The molecule has 5 rings (SSSR count). The number of Topliss-reactive ketones (excluding diaryl/α,β-unsaturated/α-hetero) is 4. The molecule has 0 atom stereocenters. The van der Waals surface area contributed by atoms with Gasteiger partial charge in [-0.05, 0) is 12.1 Å². The van der Waals surface area contributed by atoms with Crippen molar-refractivity contribution >= 4 is 23.1 Å². The normalized spacial score (nSPS) is 17.6. The summed E-state index contributed by atoms with van der Waals surface area (Å²) in [5, 5.41) is 0. The molecule has 0 saturated heterocycles. The van der Waals surface area contributed by atoms with Gasteiger partial charge in [0.2, 0.25) is 11.6 Å². The third-order valence-electron chi connectivity index (χ3n) is 5.20. The van der Waals surface area contributed by atoms with Gasteiger partial charge in [-0.2, -0.15) is 0 Å². The number of carbonyl (C=O) groups is 4. The molecule has 1 heterocycles. The summed E-state index contributed by atoms with van der Waals surface area (Å²) < 4.78 is 10.9. The number of allylic oxidation sites excluding steroid dienone is 4. The Kier molecular flexibility index (Phi) is 3.27. The van der Waals surface area contributed by atoms with Crippen molar-refractivity contribution in [2.45, 2.75) is 6.42 Å². The van der Waals surface area contributed by atoms with E-state index in [1.807, 2.05) is 0 Å². The van der Waals surface area contributed by atoms with E-state index >= 15 is 0 Å². The van der Waals surface area contributed by atoms with Gasteiger partial charge in [-0.3, -0.25) is 19.2 Å². The maximum Gasteiger partial charge on any atom is 0.229 e. The summed E-state index contributed by atoms with van der Waals surface area (Å²) in [4.78, 5) is 51.8. The lowest BCUT2D eigenvalue weighted by Crippen LogP contribution is -2.32. The second-order valence-electron chi connectivity index (χ2n) is 6.64. The van der Waals surface area contributed by atoms with Crippen molar-refractivity contribution in [1.29, 1.82) is 0 Å². The summed E-state index contributed by atoms with van der Waals surface area (Å²) in [5.41, 5.74) is 0.972. The second kappa shape index (κ2) is 5.60. The van der Waals surface area contributed by atoms with Crippen molar-refractivity contribution in [2.24, 2.45) is 0 Å². The van der Waals surface area contributed by atoms with E-state index in [4.69, 9.17) is 9.47 Å². The maximum atomic E-state index is 13.1. The largest absolute Gasteiger partial charge is 0.496 e. The molecule has 0 amide bonds. The van der Waals surface area contributed by atoms with Gasteiger partial charge in [-0.15, -0.1) is 0 Å². The smallest absolute Gasteiger partial charge is 0.229 e. The third kappa shape index (κ3) is 1.97. The molecule has 0 aromatic heterocycles. The van der Waals surface area contributed by atoms with Crippen LogP contribution in [0.25, 0.3) is 0 Å². The molecule has 2 aliphatic carbocycles. The van der Waals surface area contributed by atoms with E-state index in [1.165, 1.54) is 13.2 Å². The Morgan fingerprint density at radius 1 is 0.714 bits per heavy atom. The quantitative estimate of drug-likeness (QED) is 0.765. The van der Waals surface area contributed by atoms with Crippen LogP contribution in [0.15, 0.2) is 65.1 Å². The Labute approximate surface area is 159 Å². The number of rotatable bonds is 1. The number of methoxy groups -OCH3 is 1. The summed E-state index contributed by atoms with van der Waals surface area (Å²) in [6.07, 6.45) is -0.133. The highest BCUT2D eigenvalue weighted by Crippen LogP contribution is 2.42. The molecule has 2 aromatic rings. The molecule has 0 saturated carbocycles. The molecule has 0 bridgehead atoms. The van der Waals surface area contributed by atoms with Crippen LogP contribution in [-0.4, -0.2) is 30.2 Å². The predicted octanol–water partition coefficient (Wildman–Crippen LogP) is 3.08. The Balaban J connectivity index is 1.65. The number of hydrogen-bond acceptors (Lipinski definition) is 6. The molecular formula is C22H12O6. The summed E-state index contributed by atoms with van der Waals surface area (Å²) in [6, 6.07) is 11.1. The van der Waals surface area contributed by atoms with Gasteiger partial charge < -0.3 is 9.47 Å². The highest BCUT2D eigenvalue weighted by atomic mass is 16.5. The Morgan fingerprint density at radius 3 is 1.96 bits per heavy atom. The second-order valence-corrected chi connectivity index (χ2v) is 6.64. The molecule has 0 unspecified atom stereocenters. The van der Waals surface area contributed by atoms with Gasteiger partial charge in [0.25, 0.3) is 0 Å². The van der Waals surface area contributed by atoms with Crippen LogP contribution in [0.4, 0.5) is 0 Å². The van der Waals surface area contributed by atoms with E-state index in [0.29, 0.717) is 0 Å². The van der Waals surface area contributed by atoms with Crippen LogP contribution in [-0.2, 0) is 4.74 Å². The Hall–Kier alpha value is -3.80. The molecule has 0 spiro atoms. The van der Waals surface area contributed by atoms with Gasteiger partial charge in [0, 0.05) is 23.1 Å². The summed E-state index contributed by atoms with van der Waals surface area (Å²) in [7, 11) is 1.41. The van der Waals surface area contributed by atoms with Crippen LogP contribution in [0.3, 0.4) is 0 Å². The molecule has 6 nitrogen and oxygen atoms in total. The minimum Gasteiger partial charge on any atom is -0.496 e. The van der Waals surface area contributed by atoms with E-state index in [2.05, 4.69) is 0 Å². The number of ketones is 4. The van der Waals surface area contributed by atoms with E-state index in [9.17, 15) is 19.2 Å². The van der Waals surface area contributed by atoms with Crippen molar-refractivity contribution < 1.29 is 28.7 Å². The molecular weight excluding hydrogens is 360 g/mol. The first-order valence-corrected chi connectivity index (χ1v) is 8.62. The SMILES string of the molecule is COc1cccc2c1C(=O)C1=C(OC3=C(C1)C(=O)c1ccccc1C3=O)C2=O. The van der Waals surface area contributed by atoms with Gasteiger partial charge in [-0.25, -0.2) is 0 Å². The number of ether oxygens (including phenoxy) is 2. The first-order chi connectivity index (χ1) is 13.5. The summed E-state index contributed by atoms with van der Waals surface area (Å²) >= 11 is 0. The zero-order valence-corrected chi connectivity index (χ0v) is 14.7. The van der Waals surface area contributed by atoms with E-state index in [1.54, 1.807) is 36.4 Å². The molecule has 2 aromatic carbocycles. The topological polar surface area (TPSA) is 86.7 Å². The van der Waals surface area contributed by atoms with Crippen LogP contribution in [0.1, 0.15) is 47.9 Å². The molecule has 0 N–H and O–H groups in total. The van der Waals surface area contributed by atoms with Gasteiger partial charge in [0.1, 0.15) is 5.75 Å². The average Bonchev–Trinajstić information content (AvgIpc) is 2.74. The van der Waals surface area contributed by atoms with E-state index in [-0.39, 0.29) is 62.9 Å². The monoisotopic (exact) mass is 372 g/mol. The molecule has 0 radical (unpaired) electrons. The summed E-state index contributed by atoms with van der Waals surface area (Å²) in [5.74, 6) is -1.86. The zero-order valence-electron chi connectivity index (χ0n) is 14.7. The first kappa shape index (κ1) is 16.4. The van der Waals surface area contributed by atoms with Gasteiger partial charge >= 0.3 is 0 Å².